The molecule has 26 heavy (non-hydrogen) atoms. The number of hydrogen-bond acceptors (Lipinski definition) is 4. The van der Waals surface area contributed by atoms with Crippen LogP contribution in [-0.2, 0) is 6.61 Å². The highest BCUT2D eigenvalue weighted by Crippen LogP contribution is 2.24. The Morgan fingerprint density at radius 1 is 1.00 bits per heavy atom. The zero-order chi connectivity index (χ0) is 17.9. The van der Waals surface area contributed by atoms with Crippen LogP contribution in [-0.4, -0.2) is 4.98 Å². The predicted molar refractivity (Wildman–Crippen MR) is 96.4 cm³/mol. The van der Waals surface area contributed by atoms with E-state index in [1.165, 1.54) is 12.1 Å². The van der Waals surface area contributed by atoms with Gasteiger partial charge in [0.05, 0.1) is 11.3 Å². The van der Waals surface area contributed by atoms with Gasteiger partial charge in [0.15, 0.2) is 0 Å². The molecule has 0 N–H and O–H groups in total. The lowest BCUT2D eigenvalue weighted by Crippen LogP contribution is -2.03. The normalized spacial score (nSPS) is 10.8. The number of ether oxygens (including phenoxy) is 1. The second kappa shape index (κ2) is 6.80. The maximum Gasteiger partial charge on any atom is 0.345 e. The summed E-state index contributed by atoms with van der Waals surface area (Å²) in [5, 5.41) is 0.777. The lowest BCUT2D eigenvalue weighted by atomic mass is 10.1. The maximum absolute atomic E-state index is 12.9. The molecule has 0 bridgehead atoms. The smallest absolute Gasteiger partial charge is 0.345 e. The Balaban J connectivity index is 1.61. The number of nitrogens with zero attached hydrogens (tertiary/aromatic N) is 1. The summed E-state index contributed by atoms with van der Waals surface area (Å²) in [4.78, 5) is 16.5. The molecule has 2 heterocycles. The average Bonchev–Trinajstić information content (AvgIpc) is 2.67. The van der Waals surface area contributed by atoms with Crippen molar-refractivity contribution in [1.29, 1.82) is 0 Å². The molecule has 0 saturated carbocycles. The second-order valence-corrected chi connectivity index (χ2v) is 5.78. The molecule has 4 aromatic rings. The number of fused-ring (bicyclic) bond motifs is 1. The average molecular weight is 347 g/mol. The van der Waals surface area contributed by atoms with Crippen molar-refractivity contribution in [2.45, 2.75) is 6.61 Å². The van der Waals surface area contributed by atoms with Gasteiger partial charge in [-0.05, 0) is 48.0 Å². The van der Waals surface area contributed by atoms with Crippen LogP contribution >= 0.6 is 0 Å². The number of benzene rings is 2. The van der Waals surface area contributed by atoms with Gasteiger partial charge in [-0.25, -0.2) is 9.18 Å². The molecule has 5 heteroatoms. The SMILES string of the molecule is O=c1oc2cc(OCc3ccc(F)cc3)ccc2cc1-c1ccccn1. The monoisotopic (exact) mass is 347 g/mol. The van der Waals surface area contributed by atoms with E-state index in [2.05, 4.69) is 4.98 Å². The largest absolute Gasteiger partial charge is 0.489 e. The minimum absolute atomic E-state index is 0.287. The van der Waals surface area contributed by atoms with Crippen LogP contribution in [0.2, 0.25) is 0 Å². The van der Waals surface area contributed by atoms with E-state index in [1.54, 1.807) is 48.7 Å². The zero-order valence-corrected chi connectivity index (χ0v) is 13.7. The van der Waals surface area contributed by atoms with Crippen molar-refractivity contribution >= 4 is 11.0 Å². The third kappa shape index (κ3) is 3.32. The second-order valence-electron chi connectivity index (χ2n) is 5.78. The van der Waals surface area contributed by atoms with Crippen LogP contribution in [0.5, 0.6) is 5.75 Å². The van der Waals surface area contributed by atoms with Crippen molar-refractivity contribution in [2.24, 2.45) is 0 Å². The summed E-state index contributed by atoms with van der Waals surface area (Å²) in [5.41, 5.74) is 1.81. The van der Waals surface area contributed by atoms with Gasteiger partial charge in [-0.2, -0.15) is 0 Å². The van der Waals surface area contributed by atoms with Gasteiger partial charge in [0, 0.05) is 17.6 Å². The molecule has 2 aromatic carbocycles. The van der Waals surface area contributed by atoms with Crippen molar-refractivity contribution in [3.8, 4) is 17.0 Å². The highest BCUT2D eigenvalue weighted by Gasteiger charge is 2.09. The van der Waals surface area contributed by atoms with E-state index < -0.39 is 5.63 Å². The van der Waals surface area contributed by atoms with Crippen molar-refractivity contribution < 1.29 is 13.5 Å². The van der Waals surface area contributed by atoms with Crippen LogP contribution in [0.25, 0.3) is 22.2 Å². The van der Waals surface area contributed by atoms with Crippen LogP contribution in [0.15, 0.2) is 82.1 Å². The fourth-order valence-corrected chi connectivity index (χ4v) is 2.63. The van der Waals surface area contributed by atoms with E-state index in [0.717, 1.165) is 10.9 Å². The van der Waals surface area contributed by atoms with Gasteiger partial charge in [0.2, 0.25) is 0 Å². The minimum Gasteiger partial charge on any atom is -0.489 e. The van der Waals surface area contributed by atoms with Gasteiger partial charge in [0.25, 0.3) is 0 Å². The highest BCUT2D eigenvalue weighted by molar-refractivity contribution is 5.82. The first-order valence-corrected chi connectivity index (χ1v) is 8.05. The van der Waals surface area contributed by atoms with E-state index in [9.17, 15) is 9.18 Å². The third-order valence-corrected chi connectivity index (χ3v) is 3.97. The lowest BCUT2D eigenvalue weighted by Gasteiger charge is -2.08. The Hall–Kier alpha value is -3.47. The Labute approximate surface area is 148 Å². The predicted octanol–water partition coefficient (Wildman–Crippen LogP) is 4.57. The van der Waals surface area contributed by atoms with Gasteiger partial charge < -0.3 is 9.15 Å². The van der Waals surface area contributed by atoms with Gasteiger partial charge in [0.1, 0.15) is 23.8 Å². The molecule has 0 unspecified atom stereocenters. The molecule has 2 aromatic heterocycles. The topological polar surface area (TPSA) is 52.3 Å². The summed E-state index contributed by atoms with van der Waals surface area (Å²) in [7, 11) is 0. The Bertz CT molecular complexity index is 1110. The third-order valence-electron chi connectivity index (χ3n) is 3.97. The van der Waals surface area contributed by atoms with Crippen LogP contribution in [0.4, 0.5) is 4.39 Å². The molecule has 4 rings (SSSR count). The minimum atomic E-state index is -0.452. The Morgan fingerprint density at radius 3 is 2.62 bits per heavy atom. The molecular formula is C21H14FNO3. The molecule has 0 amide bonds. The quantitative estimate of drug-likeness (QED) is 0.507. The van der Waals surface area contributed by atoms with Gasteiger partial charge in [-0.3, -0.25) is 4.98 Å². The fraction of sp³-hybridized carbons (Fsp3) is 0.0476. The summed E-state index contributed by atoms with van der Waals surface area (Å²) in [5.74, 6) is 0.278. The first-order valence-electron chi connectivity index (χ1n) is 8.05. The van der Waals surface area contributed by atoms with Crippen molar-refractivity contribution in [1.82, 2.24) is 4.98 Å². The molecule has 0 aliphatic rings. The summed E-state index contributed by atoms with van der Waals surface area (Å²) in [6, 6.07) is 18.5. The Morgan fingerprint density at radius 2 is 1.85 bits per heavy atom. The van der Waals surface area contributed by atoms with E-state index in [0.29, 0.717) is 29.2 Å². The number of rotatable bonds is 4. The zero-order valence-electron chi connectivity index (χ0n) is 13.7. The molecule has 0 atom stereocenters. The molecule has 0 radical (unpaired) electrons. The maximum atomic E-state index is 12.9. The number of pyridine rings is 1. The first kappa shape index (κ1) is 16.0. The summed E-state index contributed by atoms with van der Waals surface area (Å²) in [6.45, 7) is 0.294. The van der Waals surface area contributed by atoms with Crippen molar-refractivity contribution in [3.05, 3.63) is 94.7 Å². The van der Waals surface area contributed by atoms with Crippen LogP contribution in [0.1, 0.15) is 5.56 Å². The number of aromatic nitrogens is 1. The molecule has 0 spiro atoms. The highest BCUT2D eigenvalue weighted by atomic mass is 19.1. The molecule has 0 fully saturated rings. The first-order chi connectivity index (χ1) is 12.7. The van der Waals surface area contributed by atoms with E-state index in [1.807, 2.05) is 12.1 Å². The van der Waals surface area contributed by atoms with Crippen molar-refractivity contribution in [3.63, 3.8) is 0 Å². The fourth-order valence-electron chi connectivity index (χ4n) is 2.63. The number of hydrogen-bond donors (Lipinski definition) is 0. The lowest BCUT2D eigenvalue weighted by molar-refractivity contribution is 0.306. The van der Waals surface area contributed by atoms with Crippen LogP contribution in [0, 0.1) is 5.82 Å². The summed E-state index contributed by atoms with van der Waals surface area (Å²) >= 11 is 0. The molecular weight excluding hydrogens is 333 g/mol. The molecule has 4 nitrogen and oxygen atoms in total. The Kier molecular flexibility index (Phi) is 4.19. The summed E-state index contributed by atoms with van der Waals surface area (Å²) in [6.07, 6.45) is 1.63. The molecule has 0 aliphatic carbocycles. The standard InChI is InChI=1S/C21H14FNO3/c22-16-7-4-14(5-8-16)13-25-17-9-6-15-11-18(19-3-1-2-10-23-19)21(24)26-20(15)12-17/h1-12H,13H2. The molecule has 0 saturated heterocycles. The summed E-state index contributed by atoms with van der Waals surface area (Å²) < 4.78 is 24.1. The van der Waals surface area contributed by atoms with Crippen LogP contribution in [0.3, 0.4) is 0 Å². The van der Waals surface area contributed by atoms with Gasteiger partial charge >= 0.3 is 5.63 Å². The number of halogens is 1. The molecule has 0 aliphatic heterocycles. The van der Waals surface area contributed by atoms with E-state index in [4.69, 9.17) is 9.15 Å². The van der Waals surface area contributed by atoms with Crippen LogP contribution < -0.4 is 10.4 Å². The van der Waals surface area contributed by atoms with Gasteiger partial charge in [-0.15, -0.1) is 0 Å². The van der Waals surface area contributed by atoms with E-state index >= 15 is 0 Å². The molecule has 128 valence electrons. The van der Waals surface area contributed by atoms with E-state index in [-0.39, 0.29) is 5.82 Å². The van der Waals surface area contributed by atoms with Crippen molar-refractivity contribution in [2.75, 3.05) is 0 Å². The van der Waals surface area contributed by atoms with Gasteiger partial charge in [-0.1, -0.05) is 18.2 Å².